The summed E-state index contributed by atoms with van der Waals surface area (Å²) in [4.78, 5) is 25.0. The minimum Gasteiger partial charge on any atom is -0.367 e. The lowest BCUT2D eigenvalue weighted by Crippen LogP contribution is -2.28. The van der Waals surface area contributed by atoms with E-state index in [1.807, 2.05) is 30.3 Å². The first kappa shape index (κ1) is 16.2. The second-order valence-electron chi connectivity index (χ2n) is 6.30. The Morgan fingerprint density at radius 3 is 2.50 bits per heavy atom. The molecule has 3 rings (SSSR count). The number of fused-ring (bicyclic) bond motifs is 1. The number of aryl methyl sites for hydroxylation is 1. The monoisotopic (exact) mass is 322 g/mol. The highest BCUT2D eigenvalue weighted by Gasteiger charge is 2.17. The van der Waals surface area contributed by atoms with Gasteiger partial charge in [-0.15, -0.1) is 0 Å². The molecule has 1 heterocycles. The largest absolute Gasteiger partial charge is 0.367 e. The van der Waals surface area contributed by atoms with Crippen LogP contribution in [0.3, 0.4) is 0 Å². The summed E-state index contributed by atoms with van der Waals surface area (Å²) in [6, 6.07) is 13.9. The van der Waals surface area contributed by atoms with Gasteiger partial charge < -0.3 is 10.2 Å². The molecule has 2 aromatic carbocycles. The molecule has 0 saturated carbocycles. The van der Waals surface area contributed by atoms with Crippen LogP contribution in [0.25, 0.3) is 0 Å². The summed E-state index contributed by atoms with van der Waals surface area (Å²) in [5.74, 6) is 0.0449. The van der Waals surface area contributed by atoms with Crippen LogP contribution in [-0.4, -0.2) is 18.2 Å². The molecule has 0 atom stereocenters. The Morgan fingerprint density at radius 1 is 1.08 bits per heavy atom. The smallest absolute Gasteiger partial charge is 0.221 e. The van der Waals surface area contributed by atoms with Crippen LogP contribution in [0.4, 0.5) is 11.4 Å². The first-order valence-electron chi connectivity index (χ1n) is 8.28. The van der Waals surface area contributed by atoms with Crippen molar-refractivity contribution in [2.75, 3.05) is 16.8 Å². The Labute approximate surface area is 142 Å². The quantitative estimate of drug-likeness (QED) is 0.871. The fraction of sp³-hybridized carbons (Fsp3) is 0.300. The van der Waals surface area contributed by atoms with Gasteiger partial charge in [0.1, 0.15) is 0 Å². The number of rotatable bonds is 4. The number of carbonyl (C=O) groups is 2. The Kier molecular flexibility index (Phi) is 4.65. The molecule has 0 bridgehead atoms. The zero-order chi connectivity index (χ0) is 17.1. The third-order valence-electron chi connectivity index (χ3n) is 4.35. The Balaban J connectivity index is 1.79. The van der Waals surface area contributed by atoms with Crippen LogP contribution in [0.15, 0.2) is 42.5 Å². The summed E-state index contributed by atoms with van der Waals surface area (Å²) in [5, 5.41) is 2.85. The fourth-order valence-corrected chi connectivity index (χ4v) is 3.19. The molecule has 1 amide bonds. The Morgan fingerprint density at radius 2 is 1.83 bits per heavy atom. The van der Waals surface area contributed by atoms with E-state index in [9.17, 15) is 9.59 Å². The topological polar surface area (TPSA) is 49.4 Å². The van der Waals surface area contributed by atoms with Crippen LogP contribution in [0.5, 0.6) is 0 Å². The van der Waals surface area contributed by atoms with Crippen molar-refractivity contribution >= 4 is 23.1 Å². The summed E-state index contributed by atoms with van der Waals surface area (Å²) < 4.78 is 0. The van der Waals surface area contributed by atoms with E-state index in [1.54, 1.807) is 6.92 Å². The number of ketones is 1. The molecule has 0 spiro atoms. The maximum absolute atomic E-state index is 11.4. The van der Waals surface area contributed by atoms with E-state index in [-0.39, 0.29) is 11.7 Å². The Hall–Kier alpha value is -2.62. The molecule has 0 unspecified atom stereocenters. The normalized spacial score (nSPS) is 13.3. The maximum atomic E-state index is 11.4. The molecule has 0 radical (unpaired) electrons. The van der Waals surface area contributed by atoms with Crippen molar-refractivity contribution < 1.29 is 9.59 Å². The van der Waals surface area contributed by atoms with E-state index in [0.29, 0.717) is 0 Å². The molecule has 4 heteroatoms. The number of benzene rings is 2. The highest BCUT2D eigenvalue weighted by atomic mass is 16.1. The van der Waals surface area contributed by atoms with Crippen molar-refractivity contribution in [1.29, 1.82) is 0 Å². The third kappa shape index (κ3) is 3.65. The SMILES string of the molecule is CC(=O)Nc1ccc2c(c1)CCCN2Cc1ccc(C(C)=O)cc1. The van der Waals surface area contributed by atoms with Gasteiger partial charge in [0.05, 0.1) is 0 Å². The van der Waals surface area contributed by atoms with Crippen LogP contribution >= 0.6 is 0 Å². The van der Waals surface area contributed by atoms with Gasteiger partial charge in [0.15, 0.2) is 5.78 Å². The number of Topliss-reactive ketones (excluding diaryl/α,β-unsaturated/α-hetero) is 1. The zero-order valence-corrected chi connectivity index (χ0v) is 14.1. The average Bonchev–Trinajstić information content (AvgIpc) is 2.55. The van der Waals surface area contributed by atoms with Crippen LogP contribution in [0, 0.1) is 0 Å². The highest BCUT2D eigenvalue weighted by molar-refractivity contribution is 5.94. The highest BCUT2D eigenvalue weighted by Crippen LogP contribution is 2.30. The molecule has 0 aromatic heterocycles. The molecule has 0 saturated heterocycles. The van der Waals surface area contributed by atoms with Gasteiger partial charge in [0.2, 0.25) is 5.91 Å². The van der Waals surface area contributed by atoms with Crippen LogP contribution in [-0.2, 0) is 17.8 Å². The van der Waals surface area contributed by atoms with Gasteiger partial charge in [-0.3, -0.25) is 9.59 Å². The van der Waals surface area contributed by atoms with Crippen molar-refractivity contribution in [3.05, 3.63) is 59.2 Å². The van der Waals surface area contributed by atoms with E-state index in [4.69, 9.17) is 0 Å². The summed E-state index contributed by atoms with van der Waals surface area (Å²) in [7, 11) is 0. The first-order valence-corrected chi connectivity index (χ1v) is 8.28. The summed E-state index contributed by atoms with van der Waals surface area (Å²) in [6.45, 7) is 4.95. The van der Waals surface area contributed by atoms with Crippen molar-refractivity contribution in [3.8, 4) is 0 Å². The number of hydrogen-bond donors (Lipinski definition) is 1. The van der Waals surface area contributed by atoms with E-state index < -0.39 is 0 Å². The summed E-state index contributed by atoms with van der Waals surface area (Å²) >= 11 is 0. The van der Waals surface area contributed by atoms with Gasteiger partial charge in [-0.05, 0) is 49.1 Å². The van der Waals surface area contributed by atoms with E-state index >= 15 is 0 Å². The maximum Gasteiger partial charge on any atom is 0.221 e. The summed E-state index contributed by atoms with van der Waals surface area (Å²) in [6.07, 6.45) is 2.13. The van der Waals surface area contributed by atoms with Gasteiger partial charge in [0, 0.05) is 37.0 Å². The number of carbonyl (C=O) groups excluding carboxylic acids is 2. The average molecular weight is 322 g/mol. The molecule has 1 aliphatic rings. The number of nitrogens with one attached hydrogen (secondary N) is 1. The molecule has 2 aromatic rings. The summed E-state index contributed by atoms with van der Waals surface area (Å²) in [5.41, 5.74) is 5.30. The standard InChI is InChI=1S/C20H22N2O2/c1-14(23)17-7-5-16(6-8-17)13-22-11-3-4-18-12-19(21-15(2)24)9-10-20(18)22/h5-10,12H,3-4,11,13H2,1-2H3,(H,21,24). The molecule has 4 nitrogen and oxygen atoms in total. The molecule has 124 valence electrons. The Bertz CT molecular complexity index is 766. The van der Waals surface area contributed by atoms with Crippen LogP contribution in [0.1, 0.15) is 41.8 Å². The number of nitrogens with zero attached hydrogens (tertiary/aromatic N) is 1. The molecule has 0 fully saturated rings. The first-order chi connectivity index (χ1) is 11.5. The third-order valence-corrected chi connectivity index (χ3v) is 4.35. The second-order valence-corrected chi connectivity index (χ2v) is 6.30. The number of anilines is 2. The lowest BCUT2D eigenvalue weighted by atomic mass is 10.00. The van der Waals surface area contributed by atoms with Crippen LogP contribution in [0.2, 0.25) is 0 Å². The van der Waals surface area contributed by atoms with Crippen molar-refractivity contribution in [2.24, 2.45) is 0 Å². The molecule has 1 N–H and O–H groups in total. The lowest BCUT2D eigenvalue weighted by molar-refractivity contribution is -0.114. The number of hydrogen-bond acceptors (Lipinski definition) is 3. The molecule has 1 aliphatic heterocycles. The van der Waals surface area contributed by atoms with Crippen molar-refractivity contribution in [2.45, 2.75) is 33.2 Å². The molecule has 0 aliphatic carbocycles. The lowest BCUT2D eigenvalue weighted by Gasteiger charge is -2.32. The fourth-order valence-electron chi connectivity index (χ4n) is 3.19. The van der Waals surface area contributed by atoms with Gasteiger partial charge >= 0.3 is 0 Å². The molecule has 24 heavy (non-hydrogen) atoms. The van der Waals surface area contributed by atoms with Gasteiger partial charge in [-0.25, -0.2) is 0 Å². The van der Waals surface area contributed by atoms with E-state index in [0.717, 1.165) is 37.2 Å². The van der Waals surface area contributed by atoms with Crippen molar-refractivity contribution in [1.82, 2.24) is 0 Å². The molecular formula is C20H22N2O2. The minimum absolute atomic E-state index is 0.0480. The van der Waals surface area contributed by atoms with Crippen LogP contribution < -0.4 is 10.2 Å². The zero-order valence-electron chi connectivity index (χ0n) is 14.1. The predicted molar refractivity (Wildman–Crippen MR) is 96.6 cm³/mol. The minimum atomic E-state index is -0.0480. The number of amides is 1. The van der Waals surface area contributed by atoms with E-state index in [1.165, 1.54) is 23.7 Å². The molecular weight excluding hydrogens is 300 g/mol. The van der Waals surface area contributed by atoms with Gasteiger partial charge in [-0.1, -0.05) is 24.3 Å². The second kappa shape index (κ2) is 6.87. The van der Waals surface area contributed by atoms with E-state index in [2.05, 4.69) is 22.3 Å². The van der Waals surface area contributed by atoms with Crippen molar-refractivity contribution in [3.63, 3.8) is 0 Å². The predicted octanol–water partition coefficient (Wildman–Crippen LogP) is 3.80. The van der Waals surface area contributed by atoms with Gasteiger partial charge in [-0.2, -0.15) is 0 Å². The van der Waals surface area contributed by atoms with Gasteiger partial charge in [0.25, 0.3) is 0 Å².